The SMILES string of the molecule is CCCc1noc(CCCC(=O)N2CCCCC2CCC(=O)O)n1. The lowest BCUT2D eigenvalue weighted by Crippen LogP contribution is -2.43. The molecule has 2 rings (SSSR count). The molecule has 1 aliphatic heterocycles. The number of carboxylic acids is 1. The Balaban J connectivity index is 1.77. The van der Waals surface area contributed by atoms with Crippen molar-refractivity contribution in [2.75, 3.05) is 6.54 Å². The van der Waals surface area contributed by atoms with Gasteiger partial charge in [0.2, 0.25) is 11.8 Å². The van der Waals surface area contributed by atoms with Crippen LogP contribution in [0.3, 0.4) is 0 Å². The van der Waals surface area contributed by atoms with Crippen molar-refractivity contribution in [2.24, 2.45) is 0 Å². The zero-order valence-corrected chi connectivity index (χ0v) is 14.4. The van der Waals surface area contributed by atoms with Crippen molar-refractivity contribution in [1.82, 2.24) is 15.0 Å². The number of hydrogen-bond donors (Lipinski definition) is 1. The third-order valence-electron chi connectivity index (χ3n) is 4.40. The molecule has 1 saturated heterocycles. The van der Waals surface area contributed by atoms with Gasteiger partial charge in [-0.1, -0.05) is 12.1 Å². The van der Waals surface area contributed by atoms with Crippen LogP contribution in [0.25, 0.3) is 0 Å². The molecule has 1 unspecified atom stereocenters. The molecule has 1 amide bonds. The summed E-state index contributed by atoms with van der Waals surface area (Å²) in [7, 11) is 0. The highest BCUT2D eigenvalue weighted by Gasteiger charge is 2.26. The van der Waals surface area contributed by atoms with Crippen LogP contribution in [0.15, 0.2) is 4.52 Å². The fourth-order valence-electron chi connectivity index (χ4n) is 3.17. The van der Waals surface area contributed by atoms with E-state index in [0.717, 1.165) is 44.5 Å². The smallest absolute Gasteiger partial charge is 0.303 e. The van der Waals surface area contributed by atoms with Crippen LogP contribution in [0.5, 0.6) is 0 Å². The minimum absolute atomic E-state index is 0.0712. The Hall–Kier alpha value is -1.92. The maximum atomic E-state index is 12.5. The Kier molecular flexibility index (Phi) is 7.21. The number of piperidine rings is 1. The topological polar surface area (TPSA) is 96.5 Å². The highest BCUT2D eigenvalue weighted by molar-refractivity contribution is 5.76. The predicted octanol–water partition coefficient (Wildman–Crippen LogP) is 2.59. The second-order valence-corrected chi connectivity index (χ2v) is 6.38. The first kappa shape index (κ1) is 18.4. The molecular weight excluding hydrogens is 310 g/mol. The molecule has 1 atom stereocenters. The summed E-state index contributed by atoms with van der Waals surface area (Å²) in [6.07, 6.45) is 7.14. The third-order valence-corrected chi connectivity index (χ3v) is 4.40. The molecule has 0 saturated carbocycles. The summed E-state index contributed by atoms with van der Waals surface area (Å²) in [5.74, 6) is 0.626. The largest absolute Gasteiger partial charge is 0.481 e. The Morgan fingerprint density at radius 2 is 2.12 bits per heavy atom. The summed E-state index contributed by atoms with van der Waals surface area (Å²) in [5.41, 5.74) is 0. The van der Waals surface area contributed by atoms with Crippen molar-refractivity contribution in [3.8, 4) is 0 Å². The molecule has 7 nitrogen and oxygen atoms in total. The number of carbonyl (C=O) groups excluding carboxylic acids is 1. The van der Waals surface area contributed by atoms with Crippen LogP contribution in [-0.4, -0.2) is 44.6 Å². The number of likely N-dealkylation sites (tertiary alicyclic amines) is 1. The summed E-state index contributed by atoms with van der Waals surface area (Å²) in [6, 6.07) is 0.0712. The summed E-state index contributed by atoms with van der Waals surface area (Å²) in [6.45, 7) is 2.80. The van der Waals surface area contributed by atoms with Gasteiger partial charge in [-0.25, -0.2) is 0 Å². The minimum atomic E-state index is -0.799. The number of carbonyl (C=O) groups is 2. The lowest BCUT2D eigenvalue weighted by atomic mass is 9.97. The normalized spacial score (nSPS) is 17.9. The van der Waals surface area contributed by atoms with Gasteiger partial charge in [-0.05, 0) is 38.5 Å². The first-order valence-corrected chi connectivity index (χ1v) is 8.93. The van der Waals surface area contributed by atoms with Gasteiger partial charge in [-0.3, -0.25) is 9.59 Å². The van der Waals surface area contributed by atoms with E-state index in [2.05, 4.69) is 17.1 Å². The number of amides is 1. The van der Waals surface area contributed by atoms with Crippen LogP contribution in [0, 0.1) is 0 Å². The van der Waals surface area contributed by atoms with Crippen molar-refractivity contribution in [3.05, 3.63) is 11.7 Å². The van der Waals surface area contributed by atoms with Crippen molar-refractivity contribution in [3.63, 3.8) is 0 Å². The van der Waals surface area contributed by atoms with Crippen LogP contribution in [0.2, 0.25) is 0 Å². The number of carboxylic acid groups (broad SMARTS) is 1. The molecule has 0 aliphatic carbocycles. The summed E-state index contributed by atoms with van der Waals surface area (Å²) >= 11 is 0. The molecule has 2 heterocycles. The third kappa shape index (κ3) is 5.62. The van der Waals surface area contributed by atoms with E-state index in [0.29, 0.717) is 31.6 Å². The van der Waals surface area contributed by atoms with E-state index in [1.807, 2.05) is 4.90 Å². The highest BCUT2D eigenvalue weighted by atomic mass is 16.5. The van der Waals surface area contributed by atoms with Gasteiger partial charge in [0.1, 0.15) is 0 Å². The molecule has 1 fully saturated rings. The van der Waals surface area contributed by atoms with Crippen molar-refractivity contribution >= 4 is 11.9 Å². The monoisotopic (exact) mass is 337 g/mol. The van der Waals surface area contributed by atoms with E-state index >= 15 is 0 Å². The standard InChI is InChI=1S/C17H27N3O4/c1-2-6-14-18-15(24-19-14)8-5-9-16(21)20-12-4-3-7-13(20)10-11-17(22)23/h13H,2-12H2,1H3,(H,22,23). The van der Waals surface area contributed by atoms with Gasteiger partial charge in [-0.15, -0.1) is 0 Å². The molecule has 24 heavy (non-hydrogen) atoms. The number of nitrogens with zero attached hydrogens (tertiary/aromatic N) is 3. The molecule has 0 aromatic carbocycles. The predicted molar refractivity (Wildman–Crippen MR) is 87.5 cm³/mol. The van der Waals surface area contributed by atoms with Crippen molar-refractivity contribution in [1.29, 1.82) is 0 Å². The molecule has 1 aliphatic rings. The van der Waals surface area contributed by atoms with Gasteiger partial charge in [0.25, 0.3) is 0 Å². The zero-order valence-electron chi connectivity index (χ0n) is 14.4. The maximum Gasteiger partial charge on any atom is 0.303 e. The molecule has 134 valence electrons. The lowest BCUT2D eigenvalue weighted by Gasteiger charge is -2.35. The van der Waals surface area contributed by atoms with Crippen molar-refractivity contribution < 1.29 is 19.2 Å². The molecule has 1 aromatic rings. The van der Waals surface area contributed by atoms with Gasteiger partial charge in [0.05, 0.1) is 0 Å². The van der Waals surface area contributed by atoms with Crippen LogP contribution < -0.4 is 0 Å². The molecule has 1 aromatic heterocycles. The van der Waals surface area contributed by atoms with Crippen LogP contribution in [-0.2, 0) is 22.4 Å². The molecule has 1 N–H and O–H groups in total. The van der Waals surface area contributed by atoms with Gasteiger partial charge in [0, 0.05) is 38.3 Å². The van der Waals surface area contributed by atoms with E-state index in [9.17, 15) is 9.59 Å². The lowest BCUT2D eigenvalue weighted by molar-refractivity contribution is -0.140. The van der Waals surface area contributed by atoms with Crippen molar-refractivity contribution in [2.45, 2.75) is 77.2 Å². The summed E-state index contributed by atoms with van der Waals surface area (Å²) in [4.78, 5) is 29.4. The van der Waals surface area contributed by atoms with E-state index in [1.54, 1.807) is 0 Å². The Morgan fingerprint density at radius 1 is 1.29 bits per heavy atom. The number of aliphatic carboxylic acids is 1. The van der Waals surface area contributed by atoms with E-state index in [4.69, 9.17) is 9.63 Å². The fraction of sp³-hybridized carbons (Fsp3) is 0.765. The second kappa shape index (κ2) is 9.39. The van der Waals surface area contributed by atoms with E-state index in [-0.39, 0.29) is 18.4 Å². The fourth-order valence-corrected chi connectivity index (χ4v) is 3.17. The zero-order chi connectivity index (χ0) is 17.4. The average Bonchev–Trinajstić information content (AvgIpc) is 3.01. The molecular formula is C17H27N3O4. The Labute approximate surface area is 142 Å². The molecule has 0 spiro atoms. The summed E-state index contributed by atoms with van der Waals surface area (Å²) < 4.78 is 5.18. The highest BCUT2D eigenvalue weighted by Crippen LogP contribution is 2.22. The molecule has 7 heteroatoms. The number of aryl methyl sites for hydroxylation is 2. The first-order valence-electron chi connectivity index (χ1n) is 8.93. The maximum absolute atomic E-state index is 12.5. The number of hydrogen-bond acceptors (Lipinski definition) is 5. The Bertz CT molecular complexity index is 544. The second-order valence-electron chi connectivity index (χ2n) is 6.38. The van der Waals surface area contributed by atoms with E-state index in [1.165, 1.54) is 0 Å². The molecule has 0 bridgehead atoms. The molecule has 0 radical (unpaired) electrons. The van der Waals surface area contributed by atoms with Gasteiger partial charge in [0.15, 0.2) is 5.82 Å². The number of rotatable bonds is 9. The van der Waals surface area contributed by atoms with E-state index < -0.39 is 5.97 Å². The average molecular weight is 337 g/mol. The summed E-state index contributed by atoms with van der Waals surface area (Å²) in [5, 5.41) is 12.8. The minimum Gasteiger partial charge on any atom is -0.481 e. The van der Waals surface area contributed by atoms with Crippen LogP contribution >= 0.6 is 0 Å². The van der Waals surface area contributed by atoms with Crippen LogP contribution in [0.4, 0.5) is 0 Å². The quantitative estimate of drug-likeness (QED) is 0.744. The first-order chi connectivity index (χ1) is 11.6. The number of aromatic nitrogens is 2. The van der Waals surface area contributed by atoms with Gasteiger partial charge in [-0.2, -0.15) is 4.98 Å². The van der Waals surface area contributed by atoms with Gasteiger partial charge >= 0.3 is 5.97 Å². The van der Waals surface area contributed by atoms with Crippen LogP contribution in [0.1, 0.15) is 70.0 Å². The Morgan fingerprint density at radius 3 is 2.88 bits per heavy atom. The van der Waals surface area contributed by atoms with Gasteiger partial charge < -0.3 is 14.5 Å².